The third-order valence-corrected chi connectivity index (χ3v) is 6.76. The lowest BCUT2D eigenvalue weighted by Gasteiger charge is -2.48. The molecule has 0 N–H and O–H groups in total. The second kappa shape index (κ2) is 6.46. The quantitative estimate of drug-likeness (QED) is 0.495. The van der Waals surface area contributed by atoms with Crippen molar-refractivity contribution in [2.45, 2.75) is 49.3 Å². The van der Waals surface area contributed by atoms with Crippen LogP contribution in [0.15, 0.2) is 71.8 Å². The lowest BCUT2D eigenvalue weighted by Crippen LogP contribution is -2.49. The van der Waals surface area contributed by atoms with Gasteiger partial charge in [0.15, 0.2) is 5.78 Å². The second-order valence-corrected chi connectivity index (χ2v) is 7.92. The molecule has 0 spiro atoms. The molecule has 2 fully saturated rings. The minimum Gasteiger partial charge on any atom is -0.298 e. The van der Waals surface area contributed by atoms with Crippen LogP contribution >= 0.6 is 11.6 Å². The summed E-state index contributed by atoms with van der Waals surface area (Å²) in [7, 11) is 0. The first-order valence-electron chi connectivity index (χ1n) is 9.10. The number of Topliss-reactive ketones (excluding diaryl/α,β-unsaturated/α-hetero) is 1. The summed E-state index contributed by atoms with van der Waals surface area (Å²) in [4.78, 5) is 12.8. The van der Waals surface area contributed by atoms with Crippen molar-refractivity contribution in [1.82, 2.24) is 0 Å². The van der Waals surface area contributed by atoms with Gasteiger partial charge < -0.3 is 0 Å². The molecule has 2 aliphatic carbocycles. The highest BCUT2D eigenvalue weighted by Crippen LogP contribution is 2.54. The minimum absolute atomic E-state index is 0.159. The lowest BCUT2D eigenvalue weighted by atomic mass is 9.57. The Bertz CT molecular complexity index is 803. The van der Waals surface area contributed by atoms with Gasteiger partial charge in [-0.25, -0.2) is 0 Å². The fourth-order valence-electron chi connectivity index (χ4n) is 4.53. The Morgan fingerprint density at radius 1 is 0.960 bits per heavy atom. The van der Waals surface area contributed by atoms with Crippen LogP contribution in [0.25, 0.3) is 0 Å². The Morgan fingerprint density at radius 3 is 2.12 bits per heavy atom. The van der Waals surface area contributed by atoms with Gasteiger partial charge in [0.2, 0.25) is 0 Å². The molecule has 0 heterocycles. The first-order valence-corrected chi connectivity index (χ1v) is 9.54. The number of hydrogen-bond donors (Lipinski definition) is 0. The van der Waals surface area contributed by atoms with Crippen molar-refractivity contribution in [3.8, 4) is 0 Å². The van der Waals surface area contributed by atoms with Gasteiger partial charge in [-0.05, 0) is 30.4 Å². The van der Waals surface area contributed by atoms with E-state index in [9.17, 15) is 4.79 Å². The molecule has 2 aromatic carbocycles. The van der Waals surface area contributed by atoms with E-state index >= 15 is 0 Å². The zero-order valence-electron chi connectivity index (χ0n) is 14.5. The Labute approximate surface area is 154 Å². The molecule has 4 rings (SSSR count). The molecule has 1 unspecified atom stereocenters. The van der Waals surface area contributed by atoms with Gasteiger partial charge in [0, 0.05) is 17.8 Å². The first kappa shape index (κ1) is 16.6. The molecular weight excluding hydrogens is 328 g/mol. The lowest BCUT2D eigenvalue weighted by molar-refractivity contribution is -0.120. The molecule has 2 aromatic rings. The highest BCUT2D eigenvalue weighted by molar-refractivity contribution is 6.33. The number of ketones is 1. The Morgan fingerprint density at radius 2 is 1.56 bits per heavy atom. The molecule has 2 saturated carbocycles. The molecule has 3 atom stereocenters. The number of halogens is 1. The SMILES string of the molecule is C[C@@]1(c2ccccc2)C(Cl)C(=O)CC(=C2CCC2)[C@H]1c1ccccc1. The molecule has 0 aromatic heterocycles. The summed E-state index contributed by atoms with van der Waals surface area (Å²) < 4.78 is 0. The number of rotatable bonds is 2. The van der Waals surface area contributed by atoms with Crippen LogP contribution in [0.5, 0.6) is 0 Å². The standard InChI is InChI=1S/C23H23ClO/c1-23(18-13-6-3-7-14-18)21(17-9-4-2-5-10-17)19(16-11-8-12-16)15-20(25)22(23)24/h2-7,9-10,13-14,21-22H,8,11-12,15H2,1H3/t21-,22?,23+/m1/s1. The van der Waals surface area contributed by atoms with Crippen molar-refractivity contribution in [1.29, 1.82) is 0 Å². The number of allylic oxidation sites excluding steroid dienone is 2. The van der Waals surface area contributed by atoms with E-state index in [0.29, 0.717) is 6.42 Å². The van der Waals surface area contributed by atoms with Gasteiger partial charge >= 0.3 is 0 Å². The van der Waals surface area contributed by atoms with Gasteiger partial charge in [-0.1, -0.05) is 78.7 Å². The zero-order valence-corrected chi connectivity index (χ0v) is 15.3. The fourth-order valence-corrected chi connectivity index (χ4v) is 4.86. The zero-order chi connectivity index (χ0) is 17.4. The van der Waals surface area contributed by atoms with Crippen LogP contribution in [-0.2, 0) is 10.2 Å². The van der Waals surface area contributed by atoms with Crippen molar-refractivity contribution < 1.29 is 4.79 Å². The van der Waals surface area contributed by atoms with Gasteiger partial charge in [-0.3, -0.25) is 4.79 Å². The molecule has 25 heavy (non-hydrogen) atoms. The van der Waals surface area contributed by atoms with Crippen LogP contribution in [0, 0.1) is 0 Å². The molecule has 0 amide bonds. The molecule has 2 aliphatic rings. The first-order chi connectivity index (χ1) is 12.1. The van der Waals surface area contributed by atoms with E-state index in [1.807, 2.05) is 24.3 Å². The third kappa shape index (κ3) is 2.66. The molecule has 128 valence electrons. The van der Waals surface area contributed by atoms with Gasteiger partial charge in [0.05, 0.1) is 0 Å². The maximum atomic E-state index is 12.8. The van der Waals surface area contributed by atoms with E-state index in [-0.39, 0.29) is 11.7 Å². The summed E-state index contributed by atoms with van der Waals surface area (Å²) in [5, 5.41) is -0.510. The fraction of sp³-hybridized carbons (Fsp3) is 0.348. The second-order valence-electron chi connectivity index (χ2n) is 7.48. The molecule has 0 radical (unpaired) electrons. The van der Waals surface area contributed by atoms with Crippen LogP contribution in [0.2, 0.25) is 0 Å². The Kier molecular flexibility index (Phi) is 4.29. The summed E-state index contributed by atoms with van der Waals surface area (Å²) in [6, 6.07) is 20.9. The average molecular weight is 351 g/mol. The maximum Gasteiger partial charge on any atom is 0.155 e. The predicted octanol–water partition coefficient (Wildman–Crippen LogP) is 5.79. The summed E-state index contributed by atoms with van der Waals surface area (Å²) in [6.45, 7) is 2.17. The largest absolute Gasteiger partial charge is 0.298 e. The molecule has 0 aliphatic heterocycles. The van der Waals surface area contributed by atoms with Gasteiger partial charge in [-0.2, -0.15) is 0 Å². The van der Waals surface area contributed by atoms with E-state index in [1.54, 1.807) is 0 Å². The van der Waals surface area contributed by atoms with E-state index in [0.717, 1.165) is 18.4 Å². The van der Waals surface area contributed by atoms with Crippen molar-refractivity contribution in [2.75, 3.05) is 0 Å². The van der Waals surface area contributed by atoms with E-state index < -0.39 is 10.8 Å². The van der Waals surface area contributed by atoms with Gasteiger partial charge in [0.1, 0.15) is 5.38 Å². The smallest absolute Gasteiger partial charge is 0.155 e. The topological polar surface area (TPSA) is 17.1 Å². The maximum absolute atomic E-state index is 12.8. The number of carbonyl (C=O) groups excluding carboxylic acids is 1. The number of carbonyl (C=O) groups is 1. The summed E-state index contributed by atoms with van der Waals surface area (Å²) in [5.41, 5.74) is 4.78. The highest BCUT2D eigenvalue weighted by atomic mass is 35.5. The van der Waals surface area contributed by atoms with Crippen molar-refractivity contribution >= 4 is 17.4 Å². The normalized spacial score (nSPS) is 29.4. The molecule has 2 heteroatoms. The van der Waals surface area contributed by atoms with E-state index in [1.165, 1.54) is 23.1 Å². The summed E-state index contributed by atoms with van der Waals surface area (Å²) in [5.74, 6) is 0.321. The molecular formula is C23H23ClO. The highest BCUT2D eigenvalue weighted by Gasteiger charge is 2.51. The van der Waals surface area contributed by atoms with Crippen LogP contribution in [-0.4, -0.2) is 11.2 Å². The predicted molar refractivity (Wildman–Crippen MR) is 103 cm³/mol. The number of alkyl halides is 1. The van der Waals surface area contributed by atoms with E-state index in [4.69, 9.17) is 11.6 Å². The van der Waals surface area contributed by atoms with Crippen LogP contribution < -0.4 is 0 Å². The number of benzene rings is 2. The van der Waals surface area contributed by atoms with Crippen molar-refractivity contribution in [3.63, 3.8) is 0 Å². The molecule has 0 saturated heterocycles. The van der Waals surface area contributed by atoms with E-state index in [2.05, 4.69) is 43.3 Å². The van der Waals surface area contributed by atoms with Crippen molar-refractivity contribution in [3.05, 3.63) is 82.9 Å². The minimum atomic E-state index is -0.510. The van der Waals surface area contributed by atoms with Gasteiger partial charge in [-0.15, -0.1) is 11.6 Å². The monoisotopic (exact) mass is 350 g/mol. The van der Waals surface area contributed by atoms with Crippen LogP contribution in [0.3, 0.4) is 0 Å². The van der Waals surface area contributed by atoms with Gasteiger partial charge in [0.25, 0.3) is 0 Å². The van der Waals surface area contributed by atoms with Crippen LogP contribution in [0.4, 0.5) is 0 Å². The number of hydrogen-bond acceptors (Lipinski definition) is 1. The Hall–Kier alpha value is -1.86. The van der Waals surface area contributed by atoms with Crippen LogP contribution in [0.1, 0.15) is 49.7 Å². The average Bonchev–Trinajstić information content (AvgIpc) is 2.60. The van der Waals surface area contributed by atoms with Crippen molar-refractivity contribution in [2.24, 2.45) is 0 Å². The Balaban J connectivity index is 1.95. The molecule has 1 nitrogen and oxygen atoms in total. The molecule has 0 bridgehead atoms. The summed E-state index contributed by atoms with van der Waals surface area (Å²) in [6.07, 6.45) is 4.00. The third-order valence-electron chi connectivity index (χ3n) is 6.06. The summed E-state index contributed by atoms with van der Waals surface area (Å²) >= 11 is 6.81.